The van der Waals surface area contributed by atoms with E-state index in [0.717, 1.165) is 30.6 Å². The van der Waals surface area contributed by atoms with Gasteiger partial charge in [-0.2, -0.15) is 0 Å². The molecule has 37 heavy (non-hydrogen) atoms. The molecule has 2 aromatic rings. The molecule has 0 amide bonds. The zero-order valence-corrected chi connectivity index (χ0v) is 22.6. The molecule has 2 aliphatic carbocycles. The average Bonchev–Trinajstić information content (AvgIpc) is 2.90. The fourth-order valence-corrected chi connectivity index (χ4v) is 6.18. The predicted octanol–water partition coefficient (Wildman–Crippen LogP) is 7.95. The number of carbonyl (C=O) groups excluding carboxylic acids is 2. The Kier molecular flexibility index (Phi) is 8.36. The van der Waals surface area contributed by atoms with Gasteiger partial charge in [-0.1, -0.05) is 57.2 Å². The molecule has 2 aliphatic rings. The third-order valence-electron chi connectivity index (χ3n) is 8.54. The summed E-state index contributed by atoms with van der Waals surface area (Å²) < 4.78 is 10.9. The van der Waals surface area contributed by atoms with Crippen LogP contribution >= 0.6 is 0 Å². The lowest BCUT2D eigenvalue weighted by Crippen LogP contribution is -2.35. The quantitative estimate of drug-likeness (QED) is 0.220. The van der Waals surface area contributed by atoms with Crippen LogP contribution in [0.1, 0.15) is 83.3 Å². The molecule has 0 radical (unpaired) electrons. The number of carbonyl (C=O) groups is 2. The van der Waals surface area contributed by atoms with Crippen LogP contribution in [0.4, 0.5) is 0 Å². The minimum atomic E-state index is -0.412. The molecule has 0 atom stereocenters. The van der Waals surface area contributed by atoms with Gasteiger partial charge in [0.05, 0.1) is 0 Å². The number of benzene rings is 2. The van der Waals surface area contributed by atoms with Crippen molar-refractivity contribution in [1.82, 2.24) is 0 Å². The normalized spacial score (nSPS) is 21.6. The maximum atomic E-state index is 12.0. The van der Waals surface area contributed by atoms with E-state index in [4.69, 9.17) is 9.47 Å². The molecule has 0 aliphatic heterocycles. The summed E-state index contributed by atoms with van der Waals surface area (Å²) in [5.74, 6) is 2.73. The summed E-state index contributed by atoms with van der Waals surface area (Å²) in [6.45, 7) is 13.0. The second-order valence-electron chi connectivity index (χ2n) is 11.3. The van der Waals surface area contributed by atoms with Crippen molar-refractivity contribution in [2.75, 3.05) is 0 Å². The highest BCUT2D eigenvalue weighted by molar-refractivity contribution is 5.89. The van der Waals surface area contributed by atoms with Gasteiger partial charge in [0.15, 0.2) is 0 Å². The number of hydrogen-bond donors (Lipinski definition) is 0. The topological polar surface area (TPSA) is 52.6 Å². The lowest BCUT2D eigenvalue weighted by molar-refractivity contribution is -0.130. The Morgan fingerprint density at radius 3 is 1.43 bits per heavy atom. The first-order valence-corrected chi connectivity index (χ1v) is 13.6. The molecule has 196 valence electrons. The van der Waals surface area contributed by atoms with Gasteiger partial charge < -0.3 is 9.47 Å². The maximum Gasteiger partial charge on any atom is 0.338 e. The zero-order chi connectivity index (χ0) is 26.6. The Morgan fingerprint density at radius 2 is 1.05 bits per heavy atom. The van der Waals surface area contributed by atoms with Gasteiger partial charge in [-0.15, -0.1) is 0 Å². The molecule has 0 N–H and O–H groups in total. The van der Waals surface area contributed by atoms with Gasteiger partial charge in [0.1, 0.15) is 11.5 Å². The number of esters is 2. The van der Waals surface area contributed by atoms with E-state index < -0.39 is 11.9 Å². The van der Waals surface area contributed by atoms with Gasteiger partial charge in [0, 0.05) is 16.6 Å². The highest BCUT2D eigenvalue weighted by Crippen LogP contribution is 2.50. The molecule has 4 rings (SSSR count). The van der Waals surface area contributed by atoms with Crippen molar-refractivity contribution < 1.29 is 19.1 Å². The standard InChI is InChI=1S/C33H40O4/c1-22(2)31(34)36-29-14-10-27(11-15-29)33(28-12-16-30(17-13-28)37-32(35)23(3)4)20-18-26(19-21-33)25-8-6-24(5)7-9-25/h10-17,24-26H,1,3,6-9,18-21H2,2,4-5H3. The lowest BCUT2D eigenvalue weighted by Gasteiger charge is -2.44. The molecule has 2 aromatic carbocycles. The van der Waals surface area contributed by atoms with Crippen molar-refractivity contribution in [3.8, 4) is 11.5 Å². The van der Waals surface area contributed by atoms with E-state index in [1.807, 2.05) is 24.3 Å². The van der Waals surface area contributed by atoms with E-state index >= 15 is 0 Å². The van der Waals surface area contributed by atoms with Gasteiger partial charge in [-0.3, -0.25) is 0 Å². The van der Waals surface area contributed by atoms with Crippen LogP contribution in [0.5, 0.6) is 11.5 Å². The summed E-state index contributed by atoms with van der Waals surface area (Å²) in [4.78, 5) is 24.0. The van der Waals surface area contributed by atoms with Gasteiger partial charge in [0.2, 0.25) is 0 Å². The summed E-state index contributed by atoms with van der Waals surface area (Å²) in [5, 5.41) is 0. The van der Waals surface area contributed by atoms with Crippen LogP contribution in [-0.2, 0) is 15.0 Å². The van der Waals surface area contributed by atoms with Crippen LogP contribution in [0.3, 0.4) is 0 Å². The van der Waals surface area contributed by atoms with Crippen molar-refractivity contribution in [3.05, 3.63) is 84.0 Å². The Balaban J connectivity index is 1.58. The van der Waals surface area contributed by atoms with Crippen molar-refractivity contribution in [2.45, 2.75) is 77.6 Å². The van der Waals surface area contributed by atoms with E-state index in [9.17, 15) is 9.59 Å². The van der Waals surface area contributed by atoms with E-state index in [0.29, 0.717) is 22.6 Å². The van der Waals surface area contributed by atoms with Crippen LogP contribution in [0.2, 0.25) is 0 Å². The fraction of sp³-hybridized carbons (Fsp3) is 0.455. The van der Waals surface area contributed by atoms with Crippen LogP contribution < -0.4 is 9.47 Å². The Labute approximate surface area is 221 Å². The molecular weight excluding hydrogens is 460 g/mol. The van der Waals surface area contributed by atoms with E-state index in [1.54, 1.807) is 13.8 Å². The molecule has 0 saturated heterocycles. The highest BCUT2D eigenvalue weighted by atomic mass is 16.5. The fourth-order valence-electron chi connectivity index (χ4n) is 6.18. The summed E-state index contributed by atoms with van der Waals surface area (Å²) in [6, 6.07) is 15.9. The number of hydrogen-bond acceptors (Lipinski definition) is 4. The molecular formula is C33H40O4. The molecule has 0 heterocycles. The average molecular weight is 501 g/mol. The Hall–Kier alpha value is -3.14. The number of ether oxygens (including phenoxy) is 2. The van der Waals surface area contributed by atoms with Gasteiger partial charge in [0.25, 0.3) is 0 Å². The molecule has 2 saturated carbocycles. The van der Waals surface area contributed by atoms with E-state index in [2.05, 4.69) is 44.3 Å². The summed E-state index contributed by atoms with van der Waals surface area (Å²) in [6.07, 6.45) is 10.0. The SMILES string of the molecule is C=C(C)C(=O)Oc1ccc(C2(c3ccc(OC(=O)C(=C)C)cc3)CCC(C3CCC(C)CC3)CC2)cc1. The third-order valence-corrected chi connectivity index (χ3v) is 8.54. The molecule has 4 nitrogen and oxygen atoms in total. The van der Waals surface area contributed by atoms with Crippen molar-refractivity contribution in [3.63, 3.8) is 0 Å². The largest absolute Gasteiger partial charge is 0.423 e. The molecule has 0 spiro atoms. The zero-order valence-electron chi connectivity index (χ0n) is 22.6. The summed E-state index contributed by atoms with van der Waals surface area (Å²) >= 11 is 0. The molecule has 0 aromatic heterocycles. The van der Waals surface area contributed by atoms with Crippen LogP contribution in [0.25, 0.3) is 0 Å². The van der Waals surface area contributed by atoms with Crippen LogP contribution in [0, 0.1) is 17.8 Å². The van der Waals surface area contributed by atoms with Crippen LogP contribution in [0.15, 0.2) is 72.8 Å². The summed E-state index contributed by atoms with van der Waals surface area (Å²) in [7, 11) is 0. The van der Waals surface area contributed by atoms with Gasteiger partial charge in [-0.25, -0.2) is 9.59 Å². The first-order chi connectivity index (χ1) is 17.7. The Morgan fingerprint density at radius 1 is 0.676 bits per heavy atom. The van der Waals surface area contributed by atoms with Crippen molar-refractivity contribution in [1.29, 1.82) is 0 Å². The van der Waals surface area contributed by atoms with Gasteiger partial charge >= 0.3 is 11.9 Å². The molecule has 0 bridgehead atoms. The first-order valence-electron chi connectivity index (χ1n) is 13.6. The van der Waals surface area contributed by atoms with Gasteiger partial charge in [-0.05, 0) is 106 Å². The van der Waals surface area contributed by atoms with E-state index in [1.165, 1.54) is 49.7 Å². The number of rotatable bonds is 7. The van der Waals surface area contributed by atoms with Crippen LogP contribution in [-0.4, -0.2) is 11.9 Å². The molecule has 0 unspecified atom stereocenters. The molecule has 4 heteroatoms. The Bertz CT molecular complexity index is 1050. The maximum absolute atomic E-state index is 12.0. The monoisotopic (exact) mass is 500 g/mol. The predicted molar refractivity (Wildman–Crippen MR) is 148 cm³/mol. The van der Waals surface area contributed by atoms with Crippen molar-refractivity contribution in [2.24, 2.45) is 17.8 Å². The third kappa shape index (κ3) is 6.23. The highest BCUT2D eigenvalue weighted by Gasteiger charge is 2.40. The lowest BCUT2D eigenvalue weighted by atomic mass is 9.60. The smallest absolute Gasteiger partial charge is 0.338 e. The van der Waals surface area contributed by atoms with E-state index in [-0.39, 0.29) is 5.41 Å². The van der Waals surface area contributed by atoms with Crippen molar-refractivity contribution >= 4 is 11.9 Å². The second kappa shape index (κ2) is 11.5. The minimum absolute atomic E-state index is 0.133. The second-order valence-corrected chi connectivity index (χ2v) is 11.3. The first kappa shape index (κ1) is 26.9. The summed E-state index contributed by atoms with van der Waals surface area (Å²) in [5.41, 5.74) is 3.08. The minimum Gasteiger partial charge on any atom is -0.423 e. The molecule has 2 fully saturated rings.